The van der Waals surface area contributed by atoms with Gasteiger partial charge in [-0.3, -0.25) is 4.98 Å². The van der Waals surface area contributed by atoms with Crippen molar-refractivity contribution in [2.75, 3.05) is 0 Å². The van der Waals surface area contributed by atoms with Gasteiger partial charge in [0.2, 0.25) is 0 Å². The van der Waals surface area contributed by atoms with Gasteiger partial charge >= 0.3 is 0 Å². The van der Waals surface area contributed by atoms with Gasteiger partial charge in [-0.25, -0.2) is 0 Å². The fourth-order valence-corrected chi connectivity index (χ4v) is 3.50. The molecule has 1 aromatic heterocycles. The Kier molecular flexibility index (Phi) is 3.35. The Morgan fingerprint density at radius 1 is 1.22 bits per heavy atom. The number of fused-ring (bicyclic) bond motifs is 1. The first kappa shape index (κ1) is 12.1. The lowest BCUT2D eigenvalue weighted by molar-refractivity contribution is 0.539. The lowest BCUT2D eigenvalue weighted by Gasteiger charge is -2.21. The van der Waals surface area contributed by atoms with Crippen LogP contribution in [-0.2, 0) is 6.42 Å². The molecule has 3 rings (SSSR count). The van der Waals surface area contributed by atoms with Crippen LogP contribution in [0.1, 0.15) is 35.2 Å². The van der Waals surface area contributed by atoms with E-state index in [9.17, 15) is 0 Å². The van der Waals surface area contributed by atoms with E-state index in [-0.39, 0.29) is 6.04 Å². The van der Waals surface area contributed by atoms with Crippen LogP contribution in [0, 0.1) is 3.57 Å². The van der Waals surface area contributed by atoms with E-state index in [2.05, 4.69) is 57.9 Å². The minimum atomic E-state index is 0.0502. The number of rotatable bonds is 2. The summed E-state index contributed by atoms with van der Waals surface area (Å²) in [5.74, 6) is 0.358. The monoisotopic (exact) mass is 350 g/mol. The van der Waals surface area contributed by atoms with Crippen molar-refractivity contribution >= 4 is 22.6 Å². The third kappa shape index (κ3) is 2.06. The summed E-state index contributed by atoms with van der Waals surface area (Å²) in [5.41, 5.74) is 10.3. The van der Waals surface area contributed by atoms with E-state index in [4.69, 9.17) is 5.73 Å². The molecule has 0 radical (unpaired) electrons. The van der Waals surface area contributed by atoms with Gasteiger partial charge in [0.1, 0.15) is 0 Å². The number of benzene rings is 1. The summed E-state index contributed by atoms with van der Waals surface area (Å²) in [6.07, 6.45) is 4.09. The van der Waals surface area contributed by atoms with Crippen molar-refractivity contribution in [2.24, 2.45) is 5.73 Å². The van der Waals surface area contributed by atoms with Crippen LogP contribution >= 0.6 is 22.6 Å². The Morgan fingerprint density at radius 3 is 2.89 bits per heavy atom. The van der Waals surface area contributed by atoms with Crippen molar-refractivity contribution < 1.29 is 0 Å². The second kappa shape index (κ2) is 4.97. The summed E-state index contributed by atoms with van der Waals surface area (Å²) < 4.78 is 1.24. The van der Waals surface area contributed by atoms with Gasteiger partial charge < -0.3 is 5.73 Å². The van der Waals surface area contributed by atoms with Crippen molar-refractivity contribution in [3.63, 3.8) is 0 Å². The molecule has 0 saturated heterocycles. The lowest BCUT2D eigenvalue weighted by Crippen LogP contribution is -2.19. The highest BCUT2D eigenvalue weighted by Gasteiger charge is 2.30. The predicted octanol–water partition coefficient (Wildman–Crippen LogP) is 3.42. The van der Waals surface area contributed by atoms with Gasteiger partial charge in [-0.2, -0.15) is 0 Å². The summed E-state index contributed by atoms with van der Waals surface area (Å²) >= 11 is 2.36. The molecule has 0 fully saturated rings. The number of aromatic nitrogens is 1. The molecule has 2 nitrogen and oxygen atoms in total. The Labute approximate surface area is 121 Å². The molecule has 2 atom stereocenters. The normalized spacial score (nSPS) is 19.6. The predicted molar refractivity (Wildman–Crippen MR) is 81.4 cm³/mol. The number of nitrogens with zero attached hydrogens (tertiary/aromatic N) is 1. The van der Waals surface area contributed by atoms with Crippen LogP contribution in [0.3, 0.4) is 0 Å². The zero-order valence-electron chi connectivity index (χ0n) is 10.0. The number of hydrogen-bond acceptors (Lipinski definition) is 2. The van der Waals surface area contributed by atoms with Gasteiger partial charge in [-0.15, -0.1) is 0 Å². The Balaban J connectivity index is 1.96. The summed E-state index contributed by atoms with van der Waals surface area (Å²) in [5, 5.41) is 0. The summed E-state index contributed by atoms with van der Waals surface area (Å²) in [6, 6.07) is 12.6. The first-order chi connectivity index (χ1) is 8.77. The van der Waals surface area contributed by atoms with E-state index in [0.29, 0.717) is 5.92 Å². The average molecular weight is 350 g/mol. The van der Waals surface area contributed by atoms with Gasteiger partial charge in [0.25, 0.3) is 0 Å². The molecule has 0 bridgehead atoms. The lowest BCUT2D eigenvalue weighted by atomic mass is 9.92. The molecule has 0 amide bonds. The topological polar surface area (TPSA) is 38.9 Å². The third-order valence-electron chi connectivity index (χ3n) is 3.70. The van der Waals surface area contributed by atoms with E-state index in [1.54, 1.807) is 0 Å². The second-order valence-corrected chi connectivity index (χ2v) is 5.90. The van der Waals surface area contributed by atoms with Crippen molar-refractivity contribution in [2.45, 2.75) is 24.8 Å². The average Bonchev–Trinajstić information content (AvgIpc) is 2.82. The fourth-order valence-electron chi connectivity index (χ4n) is 2.76. The molecular weight excluding hydrogens is 335 g/mol. The van der Waals surface area contributed by atoms with Crippen LogP contribution in [-0.4, -0.2) is 4.98 Å². The Bertz CT molecular complexity index is 568. The van der Waals surface area contributed by atoms with Gasteiger partial charge in [0.15, 0.2) is 0 Å². The van der Waals surface area contributed by atoms with Crippen LogP contribution in [0.15, 0.2) is 42.6 Å². The number of nitrogens with two attached hydrogens (primary N) is 1. The molecule has 0 aliphatic heterocycles. The van der Waals surface area contributed by atoms with Crippen LogP contribution < -0.4 is 5.73 Å². The molecule has 1 aliphatic rings. The standard InChI is InChI=1S/C15H15IN2/c16-13-6-2-1-5-11(13)14(17)12-8-7-10-4-3-9-18-15(10)12/h1-6,9,12,14H,7-8,17H2. The molecule has 2 aromatic rings. The highest BCUT2D eigenvalue weighted by atomic mass is 127. The summed E-state index contributed by atoms with van der Waals surface area (Å²) in [6.45, 7) is 0. The highest BCUT2D eigenvalue weighted by molar-refractivity contribution is 14.1. The van der Waals surface area contributed by atoms with Gasteiger partial charge in [0, 0.05) is 27.4 Å². The van der Waals surface area contributed by atoms with Crippen molar-refractivity contribution in [1.29, 1.82) is 0 Å². The fraction of sp³-hybridized carbons (Fsp3) is 0.267. The molecule has 1 aliphatic carbocycles. The SMILES string of the molecule is NC(c1ccccc1I)C1CCc2cccnc21. The number of halogens is 1. The maximum atomic E-state index is 6.47. The van der Waals surface area contributed by atoms with Crippen LogP contribution in [0.4, 0.5) is 0 Å². The summed E-state index contributed by atoms with van der Waals surface area (Å²) in [4.78, 5) is 4.53. The first-order valence-electron chi connectivity index (χ1n) is 6.21. The molecular formula is C15H15IN2. The minimum absolute atomic E-state index is 0.0502. The first-order valence-corrected chi connectivity index (χ1v) is 7.29. The van der Waals surface area contributed by atoms with Crippen molar-refractivity contribution in [3.05, 3.63) is 63.0 Å². The molecule has 2 unspecified atom stereocenters. The van der Waals surface area contributed by atoms with Crippen molar-refractivity contribution in [1.82, 2.24) is 4.98 Å². The molecule has 0 spiro atoms. The maximum absolute atomic E-state index is 6.47. The van der Waals surface area contributed by atoms with E-state index in [1.807, 2.05) is 12.3 Å². The summed E-state index contributed by atoms with van der Waals surface area (Å²) in [7, 11) is 0. The number of aryl methyl sites for hydroxylation is 1. The van der Waals surface area contributed by atoms with E-state index in [1.165, 1.54) is 20.4 Å². The molecule has 1 heterocycles. The molecule has 2 N–H and O–H groups in total. The van der Waals surface area contributed by atoms with Crippen LogP contribution in [0.2, 0.25) is 0 Å². The molecule has 18 heavy (non-hydrogen) atoms. The van der Waals surface area contributed by atoms with Crippen LogP contribution in [0.25, 0.3) is 0 Å². The Hall–Kier alpha value is -0.940. The number of pyridine rings is 1. The van der Waals surface area contributed by atoms with E-state index < -0.39 is 0 Å². The number of hydrogen-bond donors (Lipinski definition) is 1. The maximum Gasteiger partial charge on any atom is 0.0485 e. The molecule has 1 aromatic carbocycles. The van der Waals surface area contributed by atoms with Gasteiger partial charge in [0.05, 0.1) is 0 Å². The van der Waals surface area contributed by atoms with E-state index in [0.717, 1.165) is 12.8 Å². The van der Waals surface area contributed by atoms with Crippen LogP contribution in [0.5, 0.6) is 0 Å². The highest BCUT2D eigenvalue weighted by Crippen LogP contribution is 2.39. The van der Waals surface area contributed by atoms with E-state index >= 15 is 0 Å². The van der Waals surface area contributed by atoms with Gasteiger partial charge in [-0.1, -0.05) is 24.3 Å². The largest absolute Gasteiger partial charge is 0.323 e. The van der Waals surface area contributed by atoms with Gasteiger partial charge in [-0.05, 0) is 58.7 Å². The second-order valence-electron chi connectivity index (χ2n) is 4.74. The molecule has 3 heteroatoms. The molecule has 92 valence electrons. The smallest absolute Gasteiger partial charge is 0.0485 e. The third-order valence-corrected chi connectivity index (χ3v) is 4.68. The zero-order chi connectivity index (χ0) is 12.5. The quantitative estimate of drug-likeness (QED) is 0.843. The van der Waals surface area contributed by atoms with Crippen molar-refractivity contribution in [3.8, 4) is 0 Å². The molecule has 0 saturated carbocycles. The zero-order valence-corrected chi connectivity index (χ0v) is 12.2. The minimum Gasteiger partial charge on any atom is -0.323 e. The Morgan fingerprint density at radius 2 is 2.06 bits per heavy atom.